The topological polar surface area (TPSA) is 137 Å². The molecule has 29 heavy (non-hydrogen) atoms. The highest BCUT2D eigenvalue weighted by molar-refractivity contribution is 5.81. The van der Waals surface area contributed by atoms with Crippen LogP contribution in [0.2, 0.25) is 0 Å². The first kappa shape index (κ1) is 20.0. The molecule has 0 aromatic carbocycles. The summed E-state index contributed by atoms with van der Waals surface area (Å²) in [5.41, 5.74) is -2.15. The second-order valence-corrected chi connectivity index (χ2v) is 7.99. The van der Waals surface area contributed by atoms with Gasteiger partial charge < -0.3 is 24.1 Å². The molecule has 158 valence electrons. The molecule has 1 saturated carbocycles. The van der Waals surface area contributed by atoms with E-state index >= 15 is 0 Å². The van der Waals surface area contributed by atoms with Crippen LogP contribution in [0.25, 0.3) is 0 Å². The van der Waals surface area contributed by atoms with Gasteiger partial charge in [-0.15, -0.1) is 0 Å². The van der Waals surface area contributed by atoms with Crippen LogP contribution in [0.5, 0.6) is 0 Å². The van der Waals surface area contributed by atoms with Crippen molar-refractivity contribution in [3.05, 3.63) is 32.6 Å². The fourth-order valence-corrected chi connectivity index (χ4v) is 4.58. The minimum atomic E-state index is -1.29. The summed E-state index contributed by atoms with van der Waals surface area (Å²) >= 11 is 0. The minimum Gasteiger partial charge on any atom is -0.459 e. The number of ketones is 1. The first-order valence-corrected chi connectivity index (χ1v) is 9.76. The first-order valence-electron chi connectivity index (χ1n) is 9.76. The molecule has 10 nitrogen and oxygen atoms in total. The maximum absolute atomic E-state index is 12.3. The van der Waals surface area contributed by atoms with Crippen molar-refractivity contribution < 1.29 is 28.9 Å². The third-order valence-electron chi connectivity index (χ3n) is 6.01. The second-order valence-electron chi connectivity index (χ2n) is 7.99. The lowest BCUT2D eigenvalue weighted by molar-refractivity contribution is -0.260. The Morgan fingerprint density at radius 1 is 1.34 bits per heavy atom. The third-order valence-corrected chi connectivity index (χ3v) is 6.01. The van der Waals surface area contributed by atoms with Crippen LogP contribution in [0.1, 0.15) is 50.8 Å². The average Bonchev–Trinajstić information content (AvgIpc) is 3.11. The Morgan fingerprint density at radius 2 is 2.10 bits per heavy atom. The molecule has 0 radical (unpaired) electrons. The summed E-state index contributed by atoms with van der Waals surface area (Å²) in [6.45, 7) is 2.96. The number of aryl methyl sites for hydroxylation is 1. The van der Waals surface area contributed by atoms with Gasteiger partial charge in [0.2, 0.25) is 0 Å². The molecule has 1 spiro atoms. The van der Waals surface area contributed by atoms with E-state index in [4.69, 9.17) is 14.2 Å². The Kier molecular flexibility index (Phi) is 4.96. The van der Waals surface area contributed by atoms with E-state index in [1.807, 2.05) is 0 Å². The van der Waals surface area contributed by atoms with E-state index in [9.17, 15) is 24.3 Å². The van der Waals surface area contributed by atoms with Crippen molar-refractivity contribution in [1.82, 2.24) is 9.55 Å². The highest BCUT2D eigenvalue weighted by Gasteiger charge is 2.71. The fourth-order valence-electron chi connectivity index (χ4n) is 4.58. The average molecular weight is 408 g/mol. The first-order chi connectivity index (χ1) is 13.7. The van der Waals surface area contributed by atoms with Crippen molar-refractivity contribution in [2.24, 2.45) is 0 Å². The summed E-state index contributed by atoms with van der Waals surface area (Å²) in [6, 6.07) is 0. The summed E-state index contributed by atoms with van der Waals surface area (Å²) in [7, 11) is 0. The standard InChI is InChI=1S/C19H24N2O8/c1-9-8-21(18(26)20-16(9)25)17-14-15(24)19(29-17)11(4-3-5-12(19)28-14)27-13(23)7-6-10(2)22/h8,11-12,14-15,17,24H,3-7H2,1-2H3,(H,20,25,26)/t11-,12+,14+,15-,17+,19-/m0/s1. The van der Waals surface area contributed by atoms with E-state index in [2.05, 4.69) is 4.98 Å². The van der Waals surface area contributed by atoms with Crippen LogP contribution in [-0.2, 0) is 23.8 Å². The summed E-state index contributed by atoms with van der Waals surface area (Å²) in [4.78, 5) is 49.5. The van der Waals surface area contributed by atoms with E-state index in [0.717, 1.165) is 6.42 Å². The Labute approximate surface area is 165 Å². The Balaban J connectivity index is 1.62. The van der Waals surface area contributed by atoms with Gasteiger partial charge in [0, 0.05) is 18.2 Å². The number of fused-ring (bicyclic) bond motifs is 1. The lowest BCUT2D eigenvalue weighted by atomic mass is 9.77. The number of aliphatic hydroxyl groups excluding tert-OH is 1. The molecular formula is C19H24N2O8. The number of nitrogens with zero attached hydrogens (tertiary/aromatic N) is 1. The zero-order chi connectivity index (χ0) is 20.9. The van der Waals surface area contributed by atoms with E-state index in [0.29, 0.717) is 18.4 Å². The van der Waals surface area contributed by atoms with Crippen LogP contribution >= 0.6 is 0 Å². The highest BCUT2D eigenvalue weighted by Crippen LogP contribution is 2.54. The molecule has 0 amide bonds. The van der Waals surface area contributed by atoms with Gasteiger partial charge in [0.25, 0.3) is 5.56 Å². The van der Waals surface area contributed by atoms with Gasteiger partial charge >= 0.3 is 11.7 Å². The molecule has 10 heteroatoms. The second kappa shape index (κ2) is 7.19. The number of Topliss-reactive ketones (excluding diaryl/α,β-unsaturated/α-hetero) is 1. The third kappa shape index (κ3) is 3.15. The van der Waals surface area contributed by atoms with Crippen molar-refractivity contribution in [2.75, 3.05) is 0 Å². The number of esters is 1. The molecule has 3 fully saturated rings. The zero-order valence-electron chi connectivity index (χ0n) is 16.3. The summed E-state index contributed by atoms with van der Waals surface area (Å²) in [5, 5.41) is 11.0. The monoisotopic (exact) mass is 408 g/mol. The molecule has 2 saturated heterocycles. The number of H-pyrrole nitrogens is 1. The van der Waals surface area contributed by atoms with Gasteiger partial charge in [-0.2, -0.15) is 0 Å². The molecule has 2 bridgehead atoms. The number of carbonyl (C=O) groups is 2. The summed E-state index contributed by atoms with van der Waals surface area (Å²) in [5.74, 6) is -0.657. The predicted octanol–water partition coefficient (Wildman–Crippen LogP) is -0.294. The quantitative estimate of drug-likeness (QED) is 0.634. The van der Waals surface area contributed by atoms with Crippen LogP contribution in [0.15, 0.2) is 15.8 Å². The molecule has 1 aliphatic carbocycles. The van der Waals surface area contributed by atoms with Crippen molar-refractivity contribution in [3.63, 3.8) is 0 Å². The molecule has 2 N–H and O–H groups in total. The smallest absolute Gasteiger partial charge is 0.330 e. The molecular weight excluding hydrogens is 384 g/mol. The van der Waals surface area contributed by atoms with Crippen LogP contribution in [0, 0.1) is 6.92 Å². The number of aliphatic hydroxyl groups is 1. The van der Waals surface area contributed by atoms with Gasteiger partial charge in [-0.3, -0.25) is 19.1 Å². The number of rotatable bonds is 5. The Hall–Kier alpha value is -2.30. The lowest BCUT2D eigenvalue weighted by Gasteiger charge is -2.45. The number of carbonyl (C=O) groups excluding carboxylic acids is 2. The Bertz CT molecular complexity index is 952. The number of ether oxygens (including phenoxy) is 3. The van der Waals surface area contributed by atoms with Crippen LogP contribution in [-0.4, -0.2) is 56.4 Å². The maximum atomic E-state index is 12.3. The van der Waals surface area contributed by atoms with Crippen LogP contribution < -0.4 is 11.2 Å². The van der Waals surface area contributed by atoms with Gasteiger partial charge in [-0.25, -0.2) is 4.79 Å². The number of hydrogen-bond donors (Lipinski definition) is 2. The largest absolute Gasteiger partial charge is 0.459 e. The highest BCUT2D eigenvalue weighted by atomic mass is 16.7. The van der Waals surface area contributed by atoms with E-state index in [-0.39, 0.29) is 18.6 Å². The van der Waals surface area contributed by atoms with Crippen molar-refractivity contribution in [2.45, 2.75) is 82.2 Å². The molecule has 1 aromatic heterocycles. The van der Waals surface area contributed by atoms with Crippen molar-refractivity contribution >= 4 is 11.8 Å². The lowest BCUT2D eigenvalue weighted by Crippen LogP contribution is -2.60. The predicted molar refractivity (Wildman–Crippen MR) is 97.2 cm³/mol. The maximum Gasteiger partial charge on any atom is 0.330 e. The van der Waals surface area contributed by atoms with Gasteiger partial charge in [0.15, 0.2) is 11.8 Å². The van der Waals surface area contributed by atoms with Gasteiger partial charge in [-0.05, 0) is 33.1 Å². The summed E-state index contributed by atoms with van der Waals surface area (Å²) < 4.78 is 19.0. The Morgan fingerprint density at radius 3 is 2.83 bits per heavy atom. The van der Waals surface area contributed by atoms with Crippen molar-refractivity contribution in [3.8, 4) is 0 Å². The van der Waals surface area contributed by atoms with Gasteiger partial charge in [0.1, 0.15) is 24.1 Å². The number of hydrogen-bond acceptors (Lipinski definition) is 8. The van der Waals surface area contributed by atoms with Crippen LogP contribution in [0.3, 0.4) is 0 Å². The SMILES string of the molecule is CC(=O)CCC(=O)O[C@H]1CCC[C@H]2O[C@H]3[C@H](n4cc(C)c(=O)[nH]c4=O)O[C@@]12[C@H]3O. The van der Waals surface area contributed by atoms with E-state index < -0.39 is 53.5 Å². The van der Waals surface area contributed by atoms with E-state index in [1.165, 1.54) is 17.7 Å². The molecule has 6 atom stereocenters. The van der Waals surface area contributed by atoms with E-state index in [1.54, 1.807) is 6.92 Å². The zero-order valence-corrected chi connectivity index (χ0v) is 16.3. The molecule has 0 unspecified atom stereocenters. The minimum absolute atomic E-state index is 0.0467. The molecule has 2 aliphatic heterocycles. The van der Waals surface area contributed by atoms with Crippen molar-refractivity contribution in [1.29, 1.82) is 0 Å². The van der Waals surface area contributed by atoms with Gasteiger partial charge in [-0.1, -0.05) is 0 Å². The number of aromatic amines is 1. The number of aromatic nitrogens is 2. The molecule has 3 heterocycles. The molecule has 3 aliphatic rings. The normalized spacial score (nSPS) is 35.3. The number of nitrogens with one attached hydrogen (secondary N) is 1. The fraction of sp³-hybridized carbons (Fsp3) is 0.684. The van der Waals surface area contributed by atoms with Crippen LogP contribution in [0.4, 0.5) is 0 Å². The summed E-state index contributed by atoms with van der Waals surface area (Å²) in [6.07, 6.45) is -0.907. The molecule has 4 rings (SSSR count). The molecule has 1 aromatic rings. The van der Waals surface area contributed by atoms with Gasteiger partial charge in [0.05, 0.1) is 12.5 Å².